The zero-order chi connectivity index (χ0) is 19.2. The second-order valence-corrected chi connectivity index (χ2v) is 7.14. The quantitative estimate of drug-likeness (QED) is 0.738. The van der Waals surface area contributed by atoms with E-state index in [2.05, 4.69) is 30.4 Å². The number of carbonyl (C=O) groups is 1. The first-order valence-corrected chi connectivity index (χ1v) is 9.49. The SMILES string of the molecule is Cc1cccc(COc2ccc(C(C)NC(=O)[C@@H]3CC[C@H](CN)O3)cc2)c1.Cl. The van der Waals surface area contributed by atoms with Gasteiger partial charge >= 0.3 is 0 Å². The maximum atomic E-state index is 12.3. The molecule has 0 saturated carbocycles. The third-order valence-corrected chi connectivity index (χ3v) is 4.89. The summed E-state index contributed by atoms with van der Waals surface area (Å²) in [5.74, 6) is 0.738. The minimum Gasteiger partial charge on any atom is -0.489 e. The van der Waals surface area contributed by atoms with Crippen LogP contribution in [0.25, 0.3) is 0 Å². The van der Waals surface area contributed by atoms with Gasteiger partial charge in [0.1, 0.15) is 18.5 Å². The van der Waals surface area contributed by atoms with Crippen molar-refractivity contribution >= 4 is 18.3 Å². The third kappa shape index (κ3) is 5.96. The van der Waals surface area contributed by atoms with Crippen LogP contribution in [0.2, 0.25) is 0 Å². The van der Waals surface area contributed by atoms with E-state index in [1.807, 2.05) is 37.3 Å². The van der Waals surface area contributed by atoms with Crippen molar-refractivity contribution < 1.29 is 14.3 Å². The van der Waals surface area contributed by atoms with E-state index in [-0.39, 0.29) is 30.5 Å². The molecule has 5 nitrogen and oxygen atoms in total. The largest absolute Gasteiger partial charge is 0.489 e. The zero-order valence-corrected chi connectivity index (χ0v) is 17.2. The fourth-order valence-corrected chi connectivity index (χ4v) is 3.28. The van der Waals surface area contributed by atoms with Crippen molar-refractivity contribution in [1.82, 2.24) is 5.32 Å². The van der Waals surface area contributed by atoms with E-state index < -0.39 is 6.10 Å². The smallest absolute Gasteiger partial charge is 0.249 e. The number of nitrogens with one attached hydrogen (secondary N) is 1. The summed E-state index contributed by atoms with van der Waals surface area (Å²) in [5, 5.41) is 3.02. The van der Waals surface area contributed by atoms with Gasteiger partial charge < -0.3 is 20.5 Å². The Balaban J connectivity index is 0.00000280. The van der Waals surface area contributed by atoms with Gasteiger partial charge in [-0.05, 0) is 49.9 Å². The van der Waals surface area contributed by atoms with Crippen LogP contribution in [0.4, 0.5) is 0 Å². The van der Waals surface area contributed by atoms with Crippen LogP contribution < -0.4 is 15.8 Å². The van der Waals surface area contributed by atoms with Crippen molar-refractivity contribution in [1.29, 1.82) is 0 Å². The molecule has 1 saturated heterocycles. The van der Waals surface area contributed by atoms with Crippen LogP contribution in [0, 0.1) is 6.92 Å². The molecule has 3 rings (SSSR count). The van der Waals surface area contributed by atoms with Crippen molar-refractivity contribution in [3.63, 3.8) is 0 Å². The summed E-state index contributed by atoms with van der Waals surface area (Å²) in [5.41, 5.74) is 9.00. The first kappa shape index (κ1) is 22.2. The Labute approximate surface area is 173 Å². The molecule has 1 heterocycles. The Morgan fingerprint density at radius 3 is 2.64 bits per heavy atom. The number of aryl methyl sites for hydroxylation is 1. The van der Waals surface area contributed by atoms with Gasteiger partial charge in [0.2, 0.25) is 5.91 Å². The summed E-state index contributed by atoms with van der Waals surface area (Å²) in [6.07, 6.45) is 1.18. The molecule has 0 aliphatic carbocycles. The molecule has 1 unspecified atom stereocenters. The average Bonchev–Trinajstić information content (AvgIpc) is 3.16. The van der Waals surface area contributed by atoms with Gasteiger partial charge in [0, 0.05) is 6.54 Å². The fourth-order valence-electron chi connectivity index (χ4n) is 3.28. The number of halogens is 1. The summed E-state index contributed by atoms with van der Waals surface area (Å²) in [4.78, 5) is 12.3. The van der Waals surface area contributed by atoms with Crippen molar-refractivity contribution in [3.8, 4) is 5.75 Å². The number of nitrogens with two attached hydrogens (primary N) is 1. The number of hydrogen-bond acceptors (Lipinski definition) is 4. The molecule has 6 heteroatoms. The van der Waals surface area contributed by atoms with E-state index in [1.165, 1.54) is 5.56 Å². The minimum atomic E-state index is -0.391. The number of benzene rings is 2. The fraction of sp³-hybridized carbons (Fsp3) is 0.409. The zero-order valence-electron chi connectivity index (χ0n) is 16.4. The first-order chi connectivity index (χ1) is 13.0. The van der Waals surface area contributed by atoms with Crippen LogP contribution in [0.1, 0.15) is 42.5 Å². The molecule has 0 radical (unpaired) electrons. The molecule has 1 fully saturated rings. The highest BCUT2D eigenvalue weighted by atomic mass is 35.5. The van der Waals surface area contributed by atoms with Gasteiger partial charge in [0.25, 0.3) is 0 Å². The van der Waals surface area contributed by atoms with Crippen LogP contribution in [0.5, 0.6) is 5.75 Å². The molecule has 152 valence electrons. The average molecular weight is 405 g/mol. The van der Waals surface area contributed by atoms with Crippen molar-refractivity contribution in [2.24, 2.45) is 5.73 Å². The standard InChI is InChI=1S/C22H28N2O3.ClH/c1-15-4-3-5-17(12-15)14-26-19-8-6-18(7-9-19)16(2)24-22(25)21-11-10-20(13-23)27-21;/h3-9,12,16,20-21H,10-11,13-14,23H2,1-2H3,(H,24,25);1H/t16?,20-,21+;/m1./s1. The van der Waals surface area contributed by atoms with E-state index in [0.717, 1.165) is 29.7 Å². The molecule has 0 bridgehead atoms. The van der Waals surface area contributed by atoms with E-state index in [0.29, 0.717) is 13.2 Å². The lowest BCUT2D eigenvalue weighted by Crippen LogP contribution is -2.36. The summed E-state index contributed by atoms with van der Waals surface area (Å²) in [6, 6.07) is 16.0. The molecule has 2 aromatic carbocycles. The van der Waals surface area contributed by atoms with Crippen molar-refractivity contribution in [2.75, 3.05) is 6.54 Å². The summed E-state index contributed by atoms with van der Waals surface area (Å²) >= 11 is 0. The van der Waals surface area contributed by atoms with Crippen molar-refractivity contribution in [3.05, 3.63) is 65.2 Å². The lowest BCUT2D eigenvalue weighted by Gasteiger charge is -2.18. The van der Waals surface area contributed by atoms with Gasteiger partial charge in [-0.3, -0.25) is 4.79 Å². The summed E-state index contributed by atoms with van der Waals surface area (Å²) in [7, 11) is 0. The third-order valence-electron chi connectivity index (χ3n) is 4.89. The second-order valence-electron chi connectivity index (χ2n) is 7.14. The van der Waals surface area contributed by atoms with Gasteiger partial charge in [-0.2, -0.15) is 0 Å². The van der Waals surface area contributed by atoms with Gasteiger partial charge in [0.15, 0.2) is 0 Å². The summed E-state index contributed by atoms with van der Waals surface area (Å²) in [6.45, 7) is 5.04. The molecule has 3 atom stereocenters. The highest BCUT2D eigenvalue weighted by Crippen LogP contribution is 2.22. The lowest BCUT2D eigenvalue weighted by atomic mass is 10.1. The summed E-state index contributed by atoms with van der Waals surface area (Å²) < 4.78 is 11.5. The molecule has 2 aromatic rings. The predicted octanol–water partition coefficient (Wildman–Crippen LogP) is 3.68. The molecule has 1 aliphatic heterocycles. The molecule has 3 N–H and O–H groups in total. The Kier molecular flexibility index (Phi) is 8.30. The predicted molar refractivity (Wildman–Crippen MR) is 113 cm³/mol. The lowest BCUT2D eigenvalue weighted by molar-refractivity contribution is -0.132. The number of rotatable bonds is 7. The first-order valence-electron chi connectivity index (χ1n) is 9.49. The van der Waals surface area contributed by atoms with Gasteiger partial charge in [0.05, 0.1) is 12.1 Å². The molecule has 1 aliphatic rings. The molecule has 0 aromatic heterocycles. The Morgan fingerprint density at radius 1 is 1.25 bits per heavy atom. The molecule has 0 spiro atoms. The normalized spacial score (nSPS) is 19.5. The van der Waals surface area contributed by atoms with Crippen LogP contribution in [-0.2, 0) is 16.1 Å². The van der Waals surface area contributed by atoms with Gasteiger partial charge in [-0.15, -0.1) is 12.4 Å². The van der Waals surface area contributed by atoms with Crippen LogP contribution in [-0.4, -0.2) is 24.7 Å². The monoisotopic (exact) mass is 404 g/mol. The van der Waals surface area contributed by atoms with Crippen LogP contribution in [0.15, 0.2) is 48.5 Å². The molecular weight excluding hydrogens is 376 g/mol. The number of carbonyl (C=O) groups excluding carboxylic acids is 1. The highest BCUT2D eigenvalue weighted by Gasteiger charge is 2.30. The Morgan fingerprint density at radius 2 is 2.00 bits per heavy atom. The van der Waals surface area contributed by atoms with Gasteiger partial charge in [-0.25, -0.2) is 0 Å². The van der Waals surface area contributed by atoms with E-state index in [9.17, 15) is 4.79 Å². The van der Waals surface area contributed by atoms with Gasteiger partial charge in [-0.1, -0.05) is 42.0 Å². The van der Waals surface area contributed by atoms with Crippen LogP contribution in [0.3, 0.4) is 0 Å². The molecular formula is C22H29ClN2O3. The van der Waals surface area contributed by atoms with Crippen LogP contribution >= 0.6 is 12.4 Å². The number of amides is 1. The Bertz CT molecular complexity index is 767. The van der Waals surface area contributed by atoms with E-state index in [1.54, 1.807) is 0 Å². The van der Waals surface area contributed by atoms with Crippen molar-refractivity contribution in [2.45, 2.75) is 51.5 Å². The topological polar surface area (TPSA) is 73.6 Å². The molecule has 1 amide bonds. The molecule has 28 heavy (non-hydrogen) atoms. The second kappa shape index (κ2) is 10.5. The number of hydrogen-bond donors (Lipinski definition) is 2. The Hall–Kier alpha value is -2.08. The van der Waals surface area contributed by atoms with E-state index >= 15 is 0 Å². The maximum Gasteiger partial charge on any atom is 0.249 e. The van der Waals surface area contributed by atoms with E-state index in [4.69, 9.17) is 15.2 Å². The maximum absolute atomic E-state index is 12.3. The highest BCUT2D eigenvalue weighted by molar-refractivity contribution is 5.85. The minimum absolute atomic E-state index is 0. The number of ether oxygens (including phenoxy) is 2.